The van der Waals surface area contributed by atoms with E-state index in [-0.39, 0.29) is 41.2 Å². The number of allylic oxidation sites excluding steroid dienone is 8. The zero-order chi connectivity index (χ0) is 34.6. The minimum atomic E-state index is -1.38. The molecule has 250 valence electrons. The second kappa shape index (κ2) is 12.5. The van der Waals surface area contributed by atoms with Crippen LogP contribution < -0.4 is 0 Å². The average Bonchev–Trinajstić information content (AvgIpc) is 2.93. The molecule has 1 saturated carbocycles. The molecule has 1 aliphatic heterocycles. The molecule has 1 aromatic carbocycles. The van der Waals surface area contributed by atoms with Crippen molar-refractivity contribution in [3.8, 4) is 0 Å². The first-order valence-electron chi connectivity index (χ1n) is 17.3. The summed E-state index contributed by atoms with van der Waals surface area (Å²) in [5, 5.41) is 0. The van der Waals surface area contributed by atoms with Gasteiger partial charge in [0.25, 0.3) is 0 Å². The Labute approximate surface area is 278 Å². The Bertz CT molecular complexity index is 1540. The minimum Gasteiger partial charge on any atom is -0.490 e. The second-order valence-corrected chi connectivity index (χ2v) is 16.7. The predicted molar refractivity (Wildman–Crippen MR) is 189 cm³/mol. The Balaban J connectivity index is 2.09. The molecule has 46 heavy (non-hydrogen) atoms. The second-order valence-electron chi connectivity index (χ2n) is 16.7. The number of ketones is 3. The summed E-state index contributed by atoms with van der Waals surface area (Å²) in [7, 11) is 0. The Hall–Kier alpha value is -3.01. The summed E-state index contributed by atoms with van der Waals surface area (Å²) in [6, 6.07) is 5.77. The van der Waals surface area contributed by atoms with E-state index in [0.29, 0.717) is 30.1 Å². The Kier molecular flexibility index (Phi) is 9.77. The number of fused-ring (bicyclic) bond motifs is 1. The third kappa shape index (κ3) is 5.84. The Morgan fingerprint density at radius 2 is 1.41 bits per heavy atom. The number of carbonyl (C=O) groups excluding carboxylic acids is 3. The number of Topliss-reactive ketones (excluding diaryl/α,β-unsaturated/α-hetero) is 3. The molecule has 4 heteroatoms. The van der Waals surface area contributed by atoms with Crippen molar-refractivity contribution in [3.63, 3.8) is 0 Å². The summed E-state index contributed by atoms with van der Waals surface area (Å²) in [6.07, 6.45) is 9.46. The molecule has 3 aliphatic rings. The Morgan fingerprint density at radius 1 is 0.870 bits per heavy atom. The summed E-state index contributed by atoms with van der Waals surface area (Å²) in [5.74, 6) is 0.00416. The van der Waals surface area contributed by atoms with Gasteiger partial charge < -0.3 is 4.74 Å². The standard InChI is InChI=1S/C42H58O4/c1-25(2)14-17-31-23-41-24-32(18-15-26(3)4)40(12,13)46-37(41)34(35(43)30-16-19-33(28(7)8)29(9)22-30)36(44)42(38(41)45,39(31,10)11)21-20-27(5)6/h14-16,19-20,22,28,31-32H,17-18,21,23-24H2,1-13H3/t31-,32+,41+,42+/m1/s1. The van der Waals surface area contributed by atoms with Crippen molar-refractivity contribution in [2.24, 2.45) is 28.1 Å². The smallest absolute Gasteiger partial charge is 0.200 e. The molecule has 2 bridgehead atoms. The third-order valence-electron chi connectivity index (χ3n) is 11.6. The maximum atomic E-state index is 15.5. The largest absolute Gasteiger partial charge is 0.490 e. The van der Waals surface area contributed by atoms with Gasteiger partial charge in [-0.25, -0.2) is 0 Å². The molecule has 2 fully saturated rings. The first-order valence-corrected chi connectivity index (χ1v) is 17.3. The van der Waals surface area contributed by atoms with Crippen LogP contribution in [0.25, 0.3) is 0 Å². The molecule has 0 unspecified atom stereocenters. The van der Waals surface area contributed by atoms with Crippen molar-refractivity contribution in [2.75, 3.05) is 0 Å². The van der Waals surface area contributed by atoms with Gasteiger partial charge in [-0.05, 0) is 129 Å². The van der Waals surface area contributed by atoms with Crippen LogP contribution in [-0.4, -0.2) is 23.0 Å². The highest BCUT2D eigenvalue weighted by Crippen LogP contribution is 2.69. The third-order valence-corrected chi connectivity index (χ3v) is 11.6. The van der Waals surface area contributed by atoms with Crippen molar-refractivity contribution in [1.29, 1.82) is 0 Å². The van der Waals surface area contributed by atoms with Crippen molar-refractivity contribution >= 4 is 17.3 Å². The van der Waals surface area contributed by atoms with Gasteiger partial charge in [-0.3, -0.25) is 14.4 Å². The van der Waals surface area contributed by atoms with Gasteiger partial charge in [0, 0.05) is 11.5 Å². The van der Waals surface area contributed by atoms with Crippen molar-refractivity contribution in [1.82, 2.24) is 0 Å². The van der Waals surface area contributed by atoms with E-state index in [9.17, 15) is 4.79 Å². The monoisotopic (exact) mass is 626 g/mol. The summed E-state index contributed by atoms with van der Waals surface area (Å²) in [4.78, 5) is 45.7. The van der Waals surface area contributed by atoms with Gasteiger partial charge in [-0.15, -0.1) is 0 Å². The number of hydrogen-bond donors (Lipinski definition) is 0. The Morgan fingerprint density at radius 3 is 1.93 bits per heavy atom. The lowest BCUT2D eigenvalue weighted by atomic mass is 9.39. The quantitative estimate of drug-likeness (QED) is 0.118. The topological polar surface area (TPSA) is 60.4 Å². The molecule has 4 atom stereocenters. The molecule has 0 N–H and O–H groups in total. The van der Waals surface area contributed by atoms with Crippen molar-refractivity contribution in [2.45, 2.75) is 134 Å². The maximum Gasteiger partial charge on any atom is 0.200 e. The van der Waals surface area contributed by atoms with E-state index < -0.39 is 21.8 Å². The average molecular weight is 627 g/mol. The molecule has 1 spiro atoms. The van der Waals surface area contributed by atoms with Gasteiger partial charge in [0.2, 0.25) is 0 Å². The molecule has 0 radical (unpaired) electrons. The van der Waals surface area contributed by atoms with Crippen LogP contribution in [0.2, 0.25) is 0 Å². The highest BCUT2D eigenvalue weighted by Gasteiger charge is 2.74. The van der Waals surface area contributed by atoms with Crippen LogP contribution in [0.3, 0.4) is 0 Å². The fourth-order valence-electron chi connectivity index (χ4n) is 8.52. The van der Waals surface area contributed by atoms with Crippen LogP contribution in [0.15, 0.2) is 64.5 Å². The first-order chi connectivity index (χ1) is 21.2. The molecule has 1 saturated heterocycles. The molecule has 1 aromatic rings. The zero-order valence-electron chi connectivity index (χ0n) is 30.9. The number of rotatable bonds is 9. The zero-order valence-corrected chi connectivity index (χ0v) is 30.9. The summed E-state index contributed by atoms with van der Waals surface area (Å²) in [5.41, 5.74) is 2.47. The minimum absolute atomic E-state index is 0.0405. The number of hydrogen-bond acceptors (Lipinski definition) is 4. The van der Waals surface area contributed by atoms with E-state index >= 15 is 9.59 Å². The molecule has 2 aliphatic carbocycles. The van der Waals surface area contributed by atoms with Crippen molar-refractivity contribution in [3.05, 3.63) is 81.2 Å². The van der Waals surface area contributed by atoms with Gasteiger partial charge in [-0.1, -0.05) is 74.8 Å². The molecule has 0 amide bonds. The van der Waals surface area contributed by atoms with E-state index in [0.717, 1.165) is 24.0 Å². The molecule has 0 aromatic heterocycles. The van der Waals surface area contributed by atoms with Gasteiger partial charge >= 0.3 is 0 Å². The number of aryl methyl sites for hydroxylation is 1. The van der Waals surface area contributed by atoms with E-state index in [1.54, 1.807) is 0 Å². The van der Waals surface area contributed by atoms with Crippen LogP contribution in [0, 0.1) is 35.0 Å². The van der Waals surface area contributed by atoms with E-state index in [4.69, 9.17) is 4.74 Å². The summed E-state index contributed by atoms with van der Waals surface area (Å²) < 4.78 is 6.96. The number of ether oxygens (including phenoxy) is 1. The van der Waals surface area contributed by atoms with Crippen LogP contribution in [0.1, 0.15) is 143 Å². The van der Waals surface area contributed by atoms with E-state index in [1.807, 2.05) is 58.9 Å². The lowest BCUT2D eigenvalue weighted by molar-refractivity contribution is -0.188. The van der Waals surface area contributed by atoms with E-state index in [2.05, 4.69) is 67.5 Å². The fourth-order valence-corrected chi connectivity index (χ4v) is 8.52. The maximum absolute atomic E-state index is 15.5. The molecule has 4 rings (SSSR count). The SMILES string of the molecule is CC(C)=CC[C@H]1C[C@@]23C[C@@H](CC=C(C)C)C(C)(C)[C@@](CC=C(C)C)(C(=O)C(C(=O)c4ccc(C(C)C)c(C)c4)=C2OC1(C)C)C3=O. The predicted octanol–water partition coefficient (Wildman–Crippen LogP) is 10.6. The first kappa shape index (κ1) is 35.8. The lowest BCUT2D eigenvalue weighted by Gasteiger charge is -2.64. The highest BCUT2D eigenvalue weighted by molar-refractivity contribution is 6.35. The van der Waals surface area contributed by atoms with E-state index in [1.165, 1.54) is 16.7 Å². The van der Waals surface area contributed by atoms with Gasteiger partial charge in [-0.2, -0.15) is 0 Å². The van der Waals surface area contributed by atoms with Crippen LogP contribution >= 0.6 is 0 Å². The lowest BCUT2D eigenvalue weighted by Crippen LogP contribution is -2.69. The van der Waals surface area contributed by atoms with Gasteiger partial charge in [0.1, 0.15) is 22.3 Å². The fraction of sp³-hybridized carbons (Fsp3) is 0.595. The van der Waals surface area contributed by atoms with Crippen LogP contribution in [0.4, 0.5) is 0 Å². The summed E-state index contributed by atoms with van der Waals surface area (Å²) in [6.45, 7) is 27.0. The van der Waals surface area contributed by atoms with Crippen LogP contribution in [0.5, 0.6) is 0 Å². The molecule has 1 heterocycles. The number of carbonyl (C=O) groups is 3. The van der Waals surface area contributed by atoms with Crippen LogP contribution in [-0.2, 0) is 14.3 Å². The highest BCUT2D eigenvalue weighted by atomic mass is 16.5. The van der Waals surface area contributed by atoms with Gasteiger partial charge in [0.05, 0.1) is 5.41 Å². The normalized spacial score (nSPS) is 27.9. The molecular weight excluding hydrogens is 568 g/mol. The molecular formula is C42H58O4. The summed E-state index contributed by atoms with van der Waals surface area (Å²) >= 11 is 0. The van der Waals surface area contributed by atoms with Gasteiger partial charge in [0.15, 0.2) is 17.3 Å². The van der Waals surface area contributed by atoms with Crippen molar-refractivity contribution < 1.29 is 19.1 Å². The number of benzene rings is 1. The molecule has 4 nitrogen and oxygen atoms in total.